The summed E-state index contributed by atoms with van der Waals surface area (Å²) in [7, 11) is 0. The van der Waals surface area contributed by atoms with Crippen LogP contribution in [0.1, 0.15) is 76.0 Å². The molecule has 0 bridgehead atoms. The highest BCUT2D eigenvalue weighted by molar-refractivity contribution is 5.85. The van der Waals surface area contributed by atoms with Gasteiger partial charge in [-0.05, 0) is 71.6 Å². The van der Waals surface area contributed by atoms with Crippen LogP contribution in [-0.4, -0.2) is 6.54 Å². The monoisotopic (exact) mass is 321 g/mol. The van der Waals surface area contributed by atoms with E-state index >= 15 is 0 Å². The van der Waals surface area contributed by atoms with E-state index in [-0.39, 0.29) is 12.4 Å². The van der Waals surface area contributed by atoms with Crippen LogP contribution in [0.3, 0.4) is 0 Å². The number of hydrogen-bond donors (Lipinski definition) is 1. The van der Waals surface area contributed by atoms with Gasteiger partial charge in [-0.2, -0.15) is 0 Å². The van der Waals surface area contributed by atoms with Gasteiger partial charge in [0.15, 0.2) is 0 Å². The van der Waals surface area contributed by atoms with Gasteiger partial charge in [-0.25, -0.2) is 0 Å². The van der Waals surface area contributed by atoms with Gasteiger partial charge in [0.1, 0.15) is 0 Å². The quantitative estimate of drug-likeness (QED) is 0.796. The Morgan fingerprint density at radius 3 is 2.59 bits per heavy atom. The molecule has 0 aliphatic heterocycles. The molecule has 0 spiro atoms. The summed E-state index contributed by atoms with van der Waals surface area (Å²) in [5, 5.41) is 0. The molecule has 22 heavy (non-hydrogen) atoms. The highest BCUT2D eigenvalue weighted by Gasteiger charge is 2.50. The number of hydrogen-bond acceptors (Lipinski definition) is 1. The van der Waals surface area contributed by atoms with Crippen LogP contribution in [0.4, 0.5) is 0 Å². The van der Waals surface area contributed by atoms with Crippen molar-refractivity contribution in [3.63, 3.8) is 0 Å². The number of aryl methyl sites for hydroxylation is 1. The average Bonchev–Trinajstić information content (AvgIpc) is 2.46. The summed E-state index contributed by atoms with van der Waals surface area (Å²) in [4.78, 5) is 0. The van der Waals surface area contributed by atoms with Gasteiger partial charge in [-0.3, -0.25) is 0 Å². The van der Waals surface area contributed by atoms with Gasteiger partial charge in [-0.1, -0.05) is 52.3 Å². The third-order valence-electron chi connectivity index (χ3n) is 6.63. The Kier molecular flexibility index (Phi) is 5.00. The second kappa shape index (κ2) is 6.17. The Hall–Kier alpha value is -0.530. The Balaban J connectivity index is 0.00000176. The lowest BCUT2D eigenvalue weighted by molar-refractivity contribution is 0.0326. The summed E-state index contributed by atoms with van der Waals surface area (Å²) >= 11 is 0. The van der Waals surface area contributed by atoms with E-state index < -0.39 is 0 Å². The van der Waals surface area contributed by atoms with E-state index in [1.54, 1.807) is 11.1 Å². The summed E-state index contributed by atoms with van der Waals surface area (Å²) in [5.74, 6) is 1.38. The highest BCUT2D eigenvalue weighted by atomic mass is 35.5. The SMILES string of the molecule is CC(C)c1ccc2c(c1)CC[C@@H]1[C@@](C)(CN)CCC[C@@]21C.Cl. The molecule has 1 nitrogen and oxygen atoms in total. The van der Waals surface area contributed by atoms with E-state index in [1.807, 2.05) is 0 Å². The van der Waals surface area contributed by atoms with E-state index in [0.717, 1.165) is 12.5 Å². The van der Waals surface area contributed by atoms with Crippen LogP contribution in [0.25, 0.3) is 0 Å². The molecule has 2 aliphatic carbocycles. The van der Waals surface area contributed by atoms with Crippen LogP contribution in [0.5, 0.6) is 0 Å². The Bertz CT molecular complexity index is 539. The fourth-order valence-electron chi connectivity index (χ4n) is 5.25. The molecule has 2 N–H and O–H groups in total. The third kappa shape index (κ3) is 2.61. The molecule has 0 aromatic heterocycles. The summed E-state index contributed by atoms with van der Waals surface area (Å²) in [6.45, 7) is 10.4. The first-order chi connectivity index (χ1) is 9.90. The zero-order valence-electron chi connectivity index (χ0n) is 14.6. The van der Waals surface area contributed by atoms with Crippen molar-refractivity contribution in [2.24, 2.45) is 17.1 Å². The lowest BCUT2D eigenvalue weighted by atomic mass is 9.50. The van der Waals surface area contributed by atoms with E-state index in [9.17, 15) is 0 Å². The number of fused-ring (bicyclic) bond motifs is 3. The van der Waals surface area contributed by atoms with Crippen molar-refractivity contribution in [1.29, 1.82) is 0 Å². The molecule has 3 rings (SSSR count). The molecule has 0 amide bonds. The number of rotatable bonds is 2. The van der Waals surface area contributed by atoms with Crippen molar-refractivity contribution < 1.29 is 0 Å². The van der Waals surface area contributed by atoms with Crippen molar-refractivity contribution in [2.75, 3.05) is 6.54 Å². The average molecular weight is 322 g/mol. The molecule has 2 aliphatic rings. The van der Waals surface area contributed by atoms with Crippen molar-refractivity contribution >= 4 is 12.4 Å². The summed E-state index contributed by atoms with van der Waals surface area (Å²) < 4.78 is 0. The lowest BCUT2D eigenvalue weighted by Gasteiger charge is -2.55. The van der Waals surface area contributed by atoms with Crippen molar-refractivity contribution in [2.45, 2.75) is 71.1 Å². The fourth-order valence-corrected chi connectivity index (χ4v) is 5.25. The highest BCUT2D eigenvalue weighted by Crippen LogP contribution is 2.56. The van der Waals surface area contributed by atoms with Crippen LogP contribution in [0, 0.1) is 11.3 Å². The van der Waals surface area contributed by atoms with Crippen molar-refractivity contribution in [3.8, 4) is 0 Å². The largest absolute Gasteiger partial charge is 0.330 e. The number of nitrogens with two attached hydrogens (primary N) is 1. The van der Waals surface area contributed by atoms with Crippen LogP contribution in [-0.2, 0) is 11.8 Å². The van der Waals surface area contributed by atoms with Crippen LogP contribution < -0.4 is 5.73 Å². The first kappa shape index (κ1) is 17.8. The molecule has 124 valence electrons. The summed E-state index contributed by atoms with van der Waals surface area (Å²) in [5.41, 5.74) is 11.6. The van der Waals surface area contributed by atoms with E-state index in [0.29, 0.717) is 16.7 Å². The molecule has 1 aromatic rings. The zero-order valence-corrected chi connectivity index (χ0v) is 15.4. The molecule has 1 aromatic carbocycles. The van der Waals surface area contributed by atoms with Crippen LogP contribution in [0.15, 0.2) is 18.2 Å². The maximum Gasteiger partial charge on any atom is -0.00202 e. The molecule has 0 saturated heterocycles. The first-order valence-electron chi connectivity index (χ1n) is 8.74. The molecule has 1 fully saturated rings. The zero-order chi connectivity index (χ0) is 15.3. The molecule has 0 unspecified atom stereocenters. The molecular weight excluding hydrogens is 290 g/mol. The van der Waals surface area contributed by atoms with Gasteiger partial charge < -0.3 is 5.73 Å². The van der Waals surface area contributed by atoms with E-state index in [4.69, 9.17) is 5.73 Å². The minimum absolute atomic E-state index is 0. The van der Waals surface area contributed by atoms with Gasteiger partial charge in [0.25, 0.3) is 0 Å². The van der Waals surface area contributed by atoms with E-state index in [2.05, 4.69) is 45.9 Å². The normalized spacial score (nSPS) is 33.8. The van der Waals surface area contributed by atoms with Crippen molar-refractivity contribution in [3.05, 3.63) is 34.9 Å². The first-order valence-corrected chi connectivity index (χ1v) is 8.74. The number of benzene rings is 1. The van der Waals surface area contributed by atoms with Gasteiger partial charge in [0.2, 0.25) is 0 Å². The predicted octanol–water partition coefficient (Wildman–Crippen LogP) is 5.20. The van der Waals surface area contributed by atoms with Gasteiger partial charge in [-0.15, -0.1) is 12.4 Å². The topological polar surface area (TPSA) is 26.0 Å². The maximum atomic E-state index is 6.19. The molecule has 1 saturated carbocycles. The second-order valence-corrected chi connectivity index (χ2v) is 8.29. The standard InChI is InChI=1S/C20H31N.ClH/c1-14(2)15-6-8-17-16(12-15)7-9-18-19(3,13-21)10-5-11-20(17,18)4;/h6,8,12,14,18H,5,7,9-11,13,21H2,1-4H3;1H/t18-,19-,20+;/m1./s1. The molecule has 2 heteroatoms. The second-order valence-electron chi connectivity index (χ2n) is 8.29. The maximum absolute atomic E-state index is 6.19. The smallest absolute Gasteiger partial charge is 0.00202 e. The van der Waals surface area contributed by atoms with Crippen LogP contribution >= 0.6 is 12.4 Å². The van der Waals surface area contributed by atoms with E-state index in [1.165, 1.54) is 37.7 Å². The predicted molar refractivity (Wildman–Crippen MR) is 98.0 cm³/mol. The molecule has 3 atom stereocenters. The minimum atomic E-state index is 0. The van der Waals surface area contributed by atoms with Gasteiger partial charge in [0, 0.05) is 0 Å². The molecule has 0 radical (unpaired) electrons. The summed E-state index contributed by atoms with van der Waals surface area (Å²) in [6, 6.07) is 7.29. The minimum Gasteiger partial charge on any atom is -0.330 e. The Morgan fingerprint density at radius 2 is 1.95 bits per heavy atom. The fraction of sp³-hybridized carbons (Fsp3) is 0.700. The summed E-state index contributed by atoms with van der Waals surface area (Å²) in [6.07, 6.45) is 6.53. The lowest BCUT2D eigenvalue weighted by Crippen LogP contribution is -2.51. The van der Waals surface area contributed by atoms with Gasteiger partial charge >= 0.3 is 0 Å². The van der Waals surface area contributed by atoms with Crippen LogP contribution in [0.2, 0.25) is 0 Å². The molecular formula is C20H32ClN. The Morgan fingerprint density at radius 1 is 1.23 bits per heavy atom. The number of halogens is 1. The third-order valence-corrected chi connectivity index (χ3v) is 6.63. The van der Waals surface area contributed by atoms with Gasteiger partial charge in [0.05, 0.1) is 0 Å². The Labute approximate surface area is 142 Å². The molecule has 0 heterocycles. The van der Waals surface area contributed by atoms with Crippen molar-refractivity contribution in [1.82, 2.24) is 0 Å².